The molecule has 0 unspecified atom stereocenters. The van der Waals surface area contributed by atoms with Crippen LogP contribution in [0, 0.1) is 6.92 Å². The van der Waals surface area contributed by atoms with Gasteiger partial charge >= 0.3 is 0 Å². The molecule has 0 spiro atoms. The predicted molar refractivity (Wildman–Crippen MR) is 119 cm³/mol. The van der Waals surface area contributed by atoms with Gasteiger partial charge in [-0.05, 0) is 25.0 Å². The van der Waals surface area contributed by atoms with Crippen LogP contribution in [0.1, 0.15) is 43.1 Å². The number of nitrogens with one attached hydrogen (secondary N) is 2. The highest BCUT2D eigenvalue weighted by molar-refractivity contribution is 7.99. The monoisotopic (exact) mass is 412 g/mol. The quantitative estimate of drug-likeness (QED) is 0.410. The van der Waals surface area contributed by atoms with Crippen molar-refractivity contribution in [3.63, 3.8) is 0 Å². The van der Waals surface area contributed by atoms with Gasteiger partial charge < -0.3 is 10.6 Å². The highest BCUT2D eigenvalue weighted by Crippen LogP contribution is 2.26. The van der Waals surface area contributed by atoms with Crippen molar-refractivity contribution in [3.8, 4) is 0 Å². The molecule has 8 heteroatoms. The summed E-state index contributed by atoms with van der Waals surface area (Å²) < 4.78 is 1.83. The minimum absolute atomic E-state index is 0.0736. The third-order valence-electron chi connectivity index (χ3n) is 4.36. The molecule has 2 N–H and O–H groups in total. The number of aromatic nitrogens is 4. The second kappa shape index (κ2) is 9.73. The molecule has 1 aromatic carbocycles. The van der Waals surface area contributed by atoms with Crippen molar-refractivity contribution >= 4 is 34.5 Å². The number of rotatable bonds is 9. The molecule has 7 nitrogen and oxygen atoms in total. The summed E-state index contributed by atoms with van der Waals surface area (Å²) in [5.74, 6) is 0.741. The zero-order valence-electron chi connectivity index (χ0n) is 17.4. The van der Waals surface area contributed by atoms with Gasteiger partial charge in [-0.25, -0.2) is 14.6 Å². The summed E-state index contributed by atoms with van der Waals surface area (Å²) in [7, 11) is 0. The van der Waals surface area contributed by atoms with Gasteiger partial charge in [0.1, 0.15) is 5.82 Å². The van der Waals surface area contributed by atoms with Gasteiger partial charge in [0.25, 0.3) is 5.91 Å². The van der Waals surface area contributed by atoms with E-state index in [1.54, 1.807) is 18.0 Å². The Labute approximate surface area is 175 Å². The van der Waals surface area contributed by atoms with Gasteiger partial charge in [0.15, 0.2) is 10.8 Å². The van der Waals surface area contributed by atoms with Gasteiger partial charge in [0.05, 0.1) is 18.1 Å². The normalized spacial score (nSPS) is 11.2. The van der Waals surface area contributed by atoms with E-state index in [-0.39, 0.29) is 5.91 Å². The van der Waals surface area contributed by atoms with E-state index < -0.39 is 0 Å². The lowest BCUT2D eigenvalue weighted by molar-refractivity contribution is 0.0951. The number of nitrogens with zero attached hydrogens (tertiary/aromatic N) is 4. The van der Waals surface area contributed by atoms with Crippen LogP contribution in [0.2, 0.25) is 0 Å². The van der Waals surface area contributed by atoms with Crippen molar-refractivity contribution in [2.45, 2.75) is 51.1 Å². The minimum Gasteiger partial charge on any atom is -0.369 e. The van der Waals surface area contributed by atoms with Gasteiger partial charge in [-0.1, -0.05) is 50.7 Å². The van der Waals surface area contributed by atoms with E-state index in [0.29, 0.717) is 23.9 Å². The fraction of sp³-hybridized carbons (Fsp3) is 0.429. The SMILES string of the molecule is CCCNc1nc(SC(C)C)nc2c1cnn2CCNC(=O)c1ccccc1C. The van der Waals surface area contributed by atoms with Crippen molar-refractivity contribution in [2.24, 2.45) is 0 Å². The first-order valence-electron chi connectivity index (χ1n) is 9.97. The number of hydrogen-bond acceptors (Lipinski definition) is 6. The zero-order chi connectivity index (χ0) is 20.8. The number of amides is 1. The first-order valence-corrected chi connectivity index (χ1v) is 10.9. The van der Waals surface area contributed by atoms with Crippen molar-refractivity contribution in [3.05, 3.63) is 41.6 Å². The molecule has 0 radical (unpaired) electrons. The summed E-state index contributed by atoms with van der Waals surface area (Å²) in [4.78, 5) is 21.8. The Morgan fingerprint density at radius 1 is 1.21 bits per heavy atom. The van der Waals surface area contributed by atoms with Crippen LogP contribution in [-0.2, 0) is 6.54 Å². The van der Waals surface area contributed by atoms with Gasteiger partial charge in [-0.2, -0.15) is 5.10 Å². The number of thioether (sulfide) groups is 1. The van der Waals surface area contributed by atoms with Crippen LogP contribution in [0.4, 0.5) is 5.82 Å². The molecule has 29 heavy (non-hydrogen) atoms. The van der Waals surface area contributed by atoms with Crippen LogP contribution in [-0.4, -0.2) is 44.0 Å². The maximum Gasteiger partial charge on any atom is 0.251 e. The van der Waals surface area contributed by atoms with Crippen LogP contribution in [0.3, 0.4) is 0 Å². The Kier molecular flexibility index (Phi) is 7.09. The average molecular weight is 413 g/mol. The molecule has 0 atom stereocenters. The topological polar surface area (TPSA) is 84.7 Å². The number of hydrogen-bond donors (Lipinski definition) is 2. The molecule has 0 saturated heterocycles. The molecule has 0 fully saturated rings. The van der Waals surface area contributed by atoms with Crippen molar-refractivity contribution in [1.82, 2.24) is 25.1 Å². The highest BCUT2D eigenvalue weighted by atomic mass is 32.2. The molecule has 3 rings (SSSR count). The Hall–Kier alpha value is -2.61. The van der Waals surface area contributed by atoms with Gasteiger partial charge in [-0.15, -0.1) is 0 Å². The van der Waals surface area contributed by atoms with Crippen molar-refractivity contribution in [1.29, 1.82) is 0 Å². The van der Waals surface area contributed by atoms with Crippen LogP contribution < -0.4 is 10.6 Å². The summed E-state index contributed by atoms with van der Waals surface area (Å²) in [5.41, 5.74) is 2.44. The fourth-order valence-electron chi connectivity index (χ4n) is 2.94. The summed E-state index contributed by atoms with van der Waals surface area (Å²) in [6.45, 7) is 10.2. The van der Waals surface area contributed by atoms with Crippen LogP contribution >= 0.6 is 11.8 Å². The Balaban J connectivity index is 1.76. The van der Waals surface area contributed by atoms with E-state index in [9.17, 15) is 4.79 Å². The smallest absolute Gasteiger partial charge is 0.251 e. The zero-order valence-corrected chi connectivity index (χ0v) is 18.2. The molecular weight excluding hydrogens is 384 g/mol. The molecule has 154 valence electrons. The molecule has 0 aliphatic heterocycles. The first-order chi connectivity index (χ1) is 14.0. The second-order valence-corrected chi connectivity index (χ2v) is 8.67. The number of carbonyl (C=O) groups is 1. The van der Waals surface area contributed by atoms with E-state index in [1.165, 1.54) is 0 Å². The second-order valence-electron chi connectivity index (χ2n) is 7.12. The molecule has 0 aliphatic carbocycles. The third-order valence-corrected chi connectivity index (χ3v) is 5.22. The molecule has 2 heterocycles. The van der Waals surface area contributed by atoms with Gasteiger partial charge in [-0.3, -0.25) is 4.79 Å². The maximum absolute atomic E-state index is 12.4. The predicted octanol–water partition coefficient (Wildman–Crippen LogP) is 3.89. The average Bonchev–Trinajstić information content (AvgIpc) is 3.09. The number of anilines is 1. The van der Waals surface area contributed by atoms with Gasteiger partial charge in [0.2, 0.25) is 0 Å². The number of benzene rings is 1. The van der Waals surface area contributed by atoms with E-state index in [1.807, 2.05) is 35.9 Å². The first kappa shape index (κ1) is 21.1. The van der Waals surface area contributed by atoms with Crippen molar-refractivity contribution < 1.29 is 4.79 Å². The molecule has 2 aromatic heterocycles. The van der Waals surface area contributed by atoms with Crippen LogP contribution in [0.25, 0.3) is 11.0 Å². The van der Waals surface area contributed by atoms with E-state index in [2.05, 4.69) is 41.5 Å². The summed E-state index contributed by atoms with van der Waals surface area (Å²) in [5, 5.41) is 12.9. The van der Waals surface area contributed by atoms with Crippen LogP contribution in [0.15, 0.2) is 35.6 Å². The van der Waals surface area contributed by atoms with E-state index >= 15 is 0 Å². The molecule has 1 amide bonds. The van der Waals surface area contributed by atoms with Crippen LogP contribution in [0.5, 0.6) is 0 Å². The molecule has 0 aliphatic rings. The Morgan fingerprint density at radius 2 is 2.00 bits per heavy atom. The van der Waals surface area contributed by atoms with E-state index in [0.717, 1.165) is 40.5 Å². The molecule has 0 bridgehead atoms. The lowest BCUT2D eigenvalue weighted by Gasteiger charge is -2.11. The number of carbonyl (C=O) groups excluding carboxylic acids is 1. The molecule has 3 aromatic rings. The largest absolute Gasteiger partial charge is 0.369 e. The van der Waals surface area contributed by atoms with E-state index in [4.69, 9.17) is 4.98 Å². The van der Waals surface area contributed by atoms with Gasteiger partial charge in [0, 0.05) is 23.9 Å². The lowest BCUT2D eigenvalue weighted by atomic mass is 10.1. The highest BCUT2D eigenvalue weighted by Gasteiger charge is 2.14. The Bertz CT molecular complexity index is 984. The fourth-order valence-corrected chi connectivity index (χ4v) is 3.64. The minimum atomic E-state index is -0.0736. The Morgan fingerprint density at radius 3 is 2.72 bits per heavy atom. The number of fused-ring (bicyclic) bond motifs is 1. The standard InChI is InChI=1S/C21H28N6OS/c1-5-10-22-18-17-13-24-27(19(17)26-21(25-18)29-14(2)3)12-11-23-20(28)16-9-7-6-8-15(16)4/h6-9,13-14H,5,10-12H2,1-4H3,(H,23,28)(H,22,25,26). The maximum atomic E-state index is 12.4. The summed E-state index contributed by atoms with van der Waals surface area (Å²) in [6, 6.07) is 7.57. The lowest BCUT2D eigenvalue weighted by Crippen LogP contribution is -2.28. The van der Waals surface area contributed by atoms with Crippen molar-refractivity contribution in [2.75, 3.05) is 18.4 Å². The molecule has 0 saturated carbocycles. The summed E-state index contributed by atoms with van der Waals surface area (Å²) in [6.07, 6.45) is 2.80. The number of aryl methyl sites for hydroxylation is 1. The molecular formula is C21H28N6OS. The third kappa shape index (κ3) is 5.26. The summed E-state index contributed by atoms with van der Waals surface area (Å²) >= 11 is 1.63.